The molecular weight excluding hydrogens is 1580 g/mol. The van der Waals surface area contributed by atoms with Crippen LogP contribution in [0, 0.1) is 11.8 Å². The maximum atomic E-state index is 14.5. The van der Waals surface area contributed by atoms with Crippen molar-refractivity contribution in [2.24, 2.45) is 11.8 Å². The number of aromatic amines is 2. The minimum atomic E-state index is -4.39. The summed E-state index contributed by atoms with van der Waals surface area (Å²) in [5.74, 6) is -1.34. The summed E-state index contributed by atoms with van der Waals surface area (Å²) < 4.78 is 88.3. The van der Waals surface area contributed by atoms with Crippen LogP contribution < -0.4 is 34.0 Å². The molecule has 0 bridgehead atoms. The average molecular weight is 1660 g/mol. The van der Waals surface area contributed by atoms with E-state index >= 15 is 0 Å². The predicted octanol–water partition coefficient (Wildman–Crippen LogP) is 2.07. The second-order valence-corrected chi connectivity index (χ2v) is 31.5. The molecule has 10 heterocycles. The van der Waals surface area contributed by atoms with Crippen LogP contribution in [0.25, 0.3) is 22.3 Å². The molecule has 18 atom stereocenters. The van der Waals surface area contributed by atoms with Crippen molar-refractivity contribution in [1.29, 1.82) is 0 Å². The molecule has 11 N–H and O–H groups in total. The highest BCUT2D eigenvalue weighted by Crippen LogP contribution is 2.63. The summed E-state index contributed by atoms with van der Waals surface area (Å²) in [4.78, 5) is 112. The normalized spacial score (nSPS) is 26.0. The number of nitrogens with zero attached hydrogens (tertiary/aromatic N) is 10. The van der Waals surface area contributed by atoms with Crippen LogP contribution in [-0.4, -0.2) is 208 Å². The molecule has 38 nitrogen and oxygen atoms in total. The first-order chi connectivity index (χ1) is 50.3. The minimum absolute atomic E-state index is 0.0628. The summed E-state index contributed by atoms with van der Waals surface area (Å²) >= 11 is 7.75. The van der Waals surface area contributed by atoms with Gasteiger partial charge in [0.25, 0.3) is 11.1 Å². The standard InChI is InChI=1S/C31H38N7O12PS.C20H26N7O10PS.C11H13IO2/c1-17(10-18-6-4-3-5-7-18)30(42)46-16-52-51(44,50-25-20(12-39)49-29(26(25)45-2)37-9-8-22(41)36-31(37)43)47-13-21-19(40)11-23(48-21)38-15-35-24-27(32)33-14-34-28(24)38;1-33-16-15(10(5-28)36-19(16)26-3-2-12(30)25-20(26)31)37-38(32,39)34-6-11-9(29)4-13(35-11)27-8-24-14-17(21)22-7-23-18(14)27;1-9(11(13)14-8-12)7-10-5-3-2-4-6-10/h3-9,14-15,17,19-21,23,25-26,29,39-40H,10-13,16H2,1-2H3,(H2,32,33,34)(H,36,41,43);2-3,7-11,13,15-16,19,28-29H,4-6H2,1H3,(H,32,39)(H2,21,22,23)(H,25,30,31);2-6,9H,7-8H2,1H3/t17?,19-,20-,21-,23-,25+,26?,29-,51?;9-,10-,11-,13-,15+,16?,19-,38?;/m11./s1. The molecule has 4 aliphatic heterocycles. The van der Waals surface area contributed by atoms with E-state index in [1.54, 1.807) is 16.1 Å². The highest BCUT2D eigenvalue weighted by Gasteiger charge is 2.52. The molecule has 0 amide bonds. The second-order valence-electron chi connectivity index (χ2n) is 24.1. The van der Waals surface area contributed by atoms with Crippen LogP contribution in [0.5, 0.6) is 0 Å². The van der Waals surface area contributed by atoms with Crippen molar-refractivity contribution in [3.8, 4) is 0 Å². The molecular formula is C62H77IN14O24P2S2. The lowest BCUT2D eigenvalue weighted by atomic mass is 10.0. The molecule has 4 saturated heterocycles. The number of rotatable bonds is 28. The fourth-order valence-electron chi connectivity index (χ4n) is 11.8. The minimum Gasteiger partial charge on any atom is -0.455 e. The first-order valence-electron chi connectivity index (χ1n) is 32.3. The number of benzene rings is 2. The Morgan fingerprint density at radius 1 is 0.629 bits per heavy atom. The van der Waals surface area contributed by atoms with Crippen molar-refractivity contribution in [3.05, 3.63) is 163 Å². The molecule has 6 unspecified atom stereocenters. The molecule has 8 aromatic rings. The number of fused-ring (bicyclic) bond motifs is 2. The SMILES string of the molecule is CC(Cc1ccccc1)C(=O)OCI.COC1[C@@H](OP(=O)(OC[C@H]2O[C@@H](n3cnc4c(N)ncnc43)C[C@H]2O)SCOC(=O)C(C)Cc2ccccc2)[C@@H](CO)O[C@H]1n1ccc(=O)[nH]c1=O.COC1[C@@H](OP(O)(=S)OC[C@H]2O[C@@H](n3cnc4c(N)ncnc43)C[C@H]2O)[C@@H](CO)O[C@H]1n1ccc(=O)[nH]c1=O. The van der Waals surface area contributed by atoms with Crippen LogP contribution in [-0.2, 0) is 94.8 Å². The Hall–Kier alpha value is -7.20. The Morgan fingerprint density at radius 2 is 1.07 bits per heavy atom. The van der Waals surface area contributed by atoms with Gasteiger partial charge in [-0.05, 0) is 58.4 Å². The van der Waals surface area contributed by atoms with Crippen LogP contribution >= 0.6 is 47.5 Å². The van der Waals surface area contributed by atoms with E-state index in [0.29, 0.717) is 44.7 Å². The maximum absolute atomic E-state index is 14.5. The van der Waals surface area contributed by atoms with Crippen LogP contribution in [0.2, 0.25) is 0 Å². The number of aliphatic hydroxyl groups excluding tert-OH is 4. The lowest BCUT2D eigenvalue weighted by Crippen LogP contribution is -2.40. The zero-order chi connectivity index (χ0) is 75.3. The van der Waals surface area contributed by atoms with Gasteiger partial charge in [0.15, 0.2) is 35.4 Å². The molecule has 568 valence electrons. The Balaban J connectivity index is 0.000000195. The van der Waals surface area contributed by atoms with Crippen molar-refractivity contribution >= 4 is 105 Å². The fourth-order valence-corrected chi connectivity index (χ4v) is 16.3. The van der Waals surface area contributed by atoms with Crippen molar-refractivity contribution in [2.45, 2.75) is 125 Å². The summed E-state index contributed by atoms with van der Waals surface area (Å²) in [6.45, 7) is -6.79. The van der Waals surface area contributed by atoms with E-state index in [4.69, 9.17) is 79.3 Å². The van der Waals surface area contributed by atoms with Gasteiger partial charge in [0.05, 0.1) is 63.1 Å². The van der Waals surface area contributed by atoms with Crippen LogP contribution in [0.15, 0.2) is 130 Å². The maximum Gasteiger partial charge on any atom is 0.392 e. The zero-order valence-corrected chi connectivity index (χ0v) is 62.0. The third kappa shape index (κ3) is 20.0. The first kappa shape index (κ1) is 80.3. The number of aliphatic hydroxyl groups is 4. The number of hydrogen-bond donors (Lipinski definition) is 9. The molecule has 0 spiro atoms. The van der Waals surface area contributed by atoms with Gasteiger partial charge in [-0.2, -0.15) is 0 Å². The van der Waals surface area contributed by atoms with Crippen molar-refractivity contribution in [1.82, 2.24) is 58.1 Å². The lowest BCUT2D eigenvalue weighted by molar-refractivity contribution is -0.146. The molecule has 12 rings (SSSR count). The number of ether oxygens (including phenoxy) is 8. The summed E-state index contributed by atoms with van der Waals surface area (Å²) in [6.07, 6.45) is -5.20. The molecule has 2 aromatic carbocycles. The number of hydrogen-bond acceptors (Lipinski definition) is 33. The van der Waals surface area contributed by atoms with E-state index in [2.05, 4.69) is 39.9 Å². The molecule has 43 heteroatoms. The number of imidazole rings is 2. The number of anilines is 2. The van der Waals surface area contributed by atoms with Gasteiger partial charge in [-0.3, -0.25) is 61.0 Å². The molecule has 0 radical (unpaired) electrons. The van der Waals surface area contributed by atoms with Gasteiger partial charge < -0.3 is 79.2 Å². The zero-order valence-electron chi connectivity index (χ0n) is 56.4. The summed E-state index contributed by atoms with van der Waals surface area (Å²) in [6, 6.07) is 21.6. The van der Waals surface area contributed by atoms with E-state index in [1.807, 2.05) is 90.2 Å². The number of carbonyl (C=O) groups is 2. The number of alkyl halides is 1. The fraction of sp³-hybridized carbons (Fsp3) is 0.484. The van der Waals surface area contributed by atoms with E-state index in [0.717, 1.165) is 33.3 Å². The molecule has 4 fully saturated rings. The summed E-state index contributed by atoms with van der Waals surface area (Å²) in [5.41, 5.74) is 12.6. The molecule has 4 aliphatic rings. The predicted molar refractivity (Wildman–Crippen MR) is 383 cm³/mol. The van der Waals surface area contributed by atoms with Crippen molar-refractivity contribution < 1.29 is 95.5 Å². The lowest BCUT2D eigenvalue weighted by Gasteiger charge is -2.28. The average Bonchev–Trinajstić information content (AvgIpc) is 1.66. The van der Waals surface area contributed by atoms with Gasteiger partial charge in [-0.15, -0.1) is 0 Å². The molecule has 0 aliphatic carbocycles. The quantitative estimate of drug-likeness (QED) is 0.0111. The number of halogens is 1. The highest BCUT2D eigenvalue weighted by atomic mass is 127. The molecule has 6 aromatic heterocycles. The van der Waals surface area contributed by atoms with E-state index in [-0.39, 0.29) is 43.0 Å². The number of methoxy groups -OCH3 is 2. The van der Waals surface area contributed by atoms with Gasteiger partial charge in [0, 0.05) is 63.0 Å². The number of esters is 2. The Kier molecular flexibility index (Phi) is 28.0. The van der Waals surface area contributed by atoms with Gasteiger partial charge in [-0.25, -0.2) is 44.1 Å². The van der Waals surface area contributed by atoms with Crippen LogP contribution in [0.1, 0.15) is 62.7 Å². The monoisotopic (exact) mass is 1650 g/mol. The second kappa shape index (κ2) is 36.6. The van der Waals surface area contributed by atoms with E-state index < -0.39 is 160 Å². The first-order valence-corrected chi connectivity index (χ1v) is 39.5. The largest absolute Gasteiger partial charge is 0.455 e. The van der Waals surface area contributed by atoms with Crippen molar-refractivity contribution in [3.63, 3.8) is 0 Å². The van der Waals surface area contributed by atoms with Gasteiger partial charge in [0.2, 0.25) is 0 Å². The van der Waals surface area contributed by atoms with E-state index in [1.165, 1.54) is 57.5 Å². The number of nitrogens with one attached hydrogen (secondary N) is 2. The summed E-state index contributed by atoms with van der Waals surface area (Å²) in [7, 11) is 2.61. The number of H-pyrrole nitrogens is 2. The third-order valence-corrected chi connectivity index (χ3v) is 22.2. The number of nitrogens with two attached hydrogens (primary N) is 2. The number of nitrogen functional groups attached to an aromatic ring is 2. The Morgan fingerprint density at radius 3 is 1.50 bits per heavy atom. The van der Waals surface area contributed by atoms with E-state index in [9.17, 15) is 58.7 Å². The topological polar surface area (TPSA) is 512 Å². The Labute approximate surface area is 618 Å². The van der Waals surface area contributed by atoms with Crippen LogP contribution in [0.3, 0.4) is 0 Å². The number of aromatic nitrogens is 12. The summed E-state index contributed by atoms with van der Waals surface area (Å²) in [5, 5.41) is 41.6. The van der Waals surface area contributed by atoms with Crippen LogP contribution in [0.4, 0.5) is 11.6 Å². The smallest absolute Gasteiger partial charge is 0.392 e. The molecule has 105 heavy (non-hydrogen) atoms. The van der Waals surface area contributed by atoms with Gasteiger partial charge in [-0.1, -0.05) is 74.5 Å². The van der Waals surface area contributed by atoms with Gasteiger partial charge >= 0.3 is 36.8 Å². The third-order valence-electron chi connectivity index (χ3n) is 17.0. The molecule has 0 saturated carbocycles. The highest BCUT2D eigenvalue weighted by molar-refractivity contribution is 14.1. The van der Waals surface area contributed by atoms with Crippen molar-refractivity contribution in [2.75, 3.05) is 62.7 Å². The van der Waals surface area contributed by atoms with Gasteiger partial charge in [0.1, 0.15) is 95.5 Å². The Bertz CT molecular complexity index is 4590. The number of carbonyl (C=O) groups excluding carboxylic acids is 2.